The summed E-state index contributed by atoms with van der Waals surface area (Å²) in [4.78, 5) is 11.0. The van der Waals surface area contributed by atoms with E-state index in [4.69, 9.17) is 0 Å². The van der Waals surface area contributed by atoms with Crippen molar-refractivity contribution in [2.75, 3.05) is 17.7 Å². The van der Waals surface area contributed by atoms with Crippen LogP contribution in [0.1, 0.15) is 0 Å². The molecule has 0 aliphatic heterocycles. The molecule has 0 bridgehead atoms. The van der Waals surface area contributed by atoms with E-state index in [0.29, 0.717) is 11.6 Å². The van der Waals surface area contributed by atoms with E-state index < -0.39 is 6.09 Å². The highest BCUT2D eigenvalue weighted by atomic mass is 79.9. The van der Waals surface area contributed by atoms with Crippen molar-refractivity contribution in [2.24, 2.45) is 0 Å². The van der Waals surface area contributed by atoms with Gasteiger partial charge in [0, 0.05) is 10.2 Å². The minimum absolute atomic E-state index is 0.327. The molecule has 0 saturated carbocycles. The van der Waals surface area contributed by atoms with E-state index >= 15 is 0 Å². The van der Waals surface area contributed by atoms with Crippen LogP contribution in [0.4, 0.5) is 22.1 Å². The van der Waals surface area contributed by atoms with Gasteiger partial charge in [0.25, 0.3) is 0 Å². The smallest absolute Gasteiger partial charge is 0.412 e. The first kappa shape index (κ1) is 13.3. The third kappa shape index (κ3) is 3.92. The second-order valence-electron chi connectivity index (χ2n) is 3.55. The number of halogens is 1. The number of nitrogens with zero attached hydrogens (tertiary/aromatic N) is 2. The van der Waals surface area contributed by atoms with Crippen molar-refractivity contribution in [1.29, 1.82) is 0 Å². The van der Waals surface area contributed by atoms with Crippen LogP contribution in [0.2, 0.25) is 0 Å². The summed E-state index contributed by atoms with van der Waals surface area (Å²) in [7, 11) is 1.28. The highest BCUT2D eigenvalue weighted by Gasteiger charge is 2.03. The second kappa shape index (κ2) is 6.14. The molecule has 0 atom stereocenters. The normalized spacial score (nSPS) is 9.79. The van der Waals surface area contributed by atoms with Crippen LogP contribution in [0.15, 0.2) is 40.9 Å². The van der Waals surface area contributed by atoms with Crippen molar-refractivity contribution in [3.05, 3.63) is 40.9 Å². The SMILES string of the molecule is COC(=O)Nc1ccc(Nc2ccc(Br)cc2)nn1. The monoisotopic (exact) mass is 322 g/mol. The molecule has 0 aliphatic rings. The van der Waals surface area contributed by atoms with E-state index in [1.165, 1.54) is 7.11 Å². The summed E-state index contributed by atoms with van der Waals surface area (Å²) >= 11 is 3.36. The summed E-state index contributed by atoms with van der Waals surface area (Å²) < 4.78 is 5.45. The summed E-state index contributed by atoms with van der Waals surface area (Å²) in [6, 6.07) is 11.0. The van der Waals surface area contributed by atoms with Crippen LogP contribution in [0.25, 0.3) is 0 Å². The van der Waals surface area contributed by atoms with Gasteiger partial charge in [-0.1, -0.05) is 15.9 Å². The van der Waals surface area contributed by atoms with Gasteiger partial charge in [-0.25, -0.2) is 4.79 Å². The number of rotatable bonds is 3. The van der Waals surface area contributed by atoms with E-state index in [9.17, 15) is 4.79 Å². The molecule has 19 heavy (non-hydrogen) atoms. The number of hydrogen-bond acceptors (Lipinski definition) is 5. The zero-order valence-electron chi connectivity index (χ0n) is 10.1. The van der Waals surface area contributed by atoms with Gasteiger partial charge in [-0.2, -0.15) is 0 Å². The van der Waals surface area contributed by atoms with Crippen LogP contribution in [0, 0.1) is 0 Å². The van der Waals surface area contributed by atoms with Crippen molar-refractivity contribution in [3.8, 4) is 0 Å². The Bertz CT molecular complexity index is 557. The summed E-state index contributed by atoms with van der Waals surface area (Å²) in [6.07, 6.45) is -0.581. The van der Waals surface area contributed by atoms with Crippen molar-refractivity contribution in [3.63, 3.8) is 0 Å². The minimum Gasteiger partial charge on any atom is -0.453 e. The topological polar surface area (TPSA) is 76.1 Å². The van der Waals surface area contributed by atoms with Crippen LogP contribution in [-0.2, 0) is 4.74 Å². The maximum Gasteiger partial charge on any atom is 0.412 e. The number of carbonyl (C=O) groups is 1. The predicted octanol–water partition coefficient (Wildman–Crippen LogP) is 3.16. The molecule has 7 heteroatoms. The van der Waals surface area contributed by atoms with Gasteiger partial charge in [0.2, 0.25) is 0 Å². The number of anilines is 3. The van der Waals surface area contributed by atoms with Gasteiger partial charge in [0.1, 0.15) is 0 Å². The Morgan fingerprint density at radius 1 is 1.11 bits per heavy atom. The first-order valence-electron chi connectivity index (χ1n) is 5.38. The van der Waals surface area contributed by atoms with Gasteiger partial charge in [0.15, 0.2) is 11.6 Å². The van der Waals surface area contributed by atoms with E-state index in [0.717, 1.165) is 10.2 Å². The lowest BCUT2D eigenvalue weighted by atomic mass is 10.3. The molecular weight excluding hydrogens is 312 g/mol. The molecule has 0 spiro atoms. The van der Waals surface area contributed by atoms with Crippen LogP contribution in [0.5, 0.6) is 0 Å². The molecule has 1 heterocycles. The van der Waals surface area contributed by atoms with Crippen LogP contribution >= 0.6 is 15.9 Å². The largest absolute Gasteiger partial charge is 0.453 e. The molecule has 98 valence electrons. The minimum atomic E-state index is -0.581. The van der Waals surface area contributed by atoms with Crippen molar-refractivity contribution >= 4 is 39.3 Å². The van der Waals surface area contributed by atoms with E-state index in [-0.39, 0.29) is 0 Å². The summed E-state index contributed by atoms with van der Waals surface area (Å²) in [6.45, 7) is 0. The first-order chi connectivity index (χ1) is 9.17. The van der Waals surface area contributed by atoms with Gasteiger partial charge in [0.05, 0.1) is 7.11 Å². The fraction of sp³-hybridized carbons (Fsp3) is 0.0833. The third-order valence-corrected chi connectivity index (χ3v) is 2.73. The average Bonchev–Trinajstić information content (AvgIpc) is 2.43. The van der Waals surface area contributed by atoms with Gasteiger partial charge >= 0.3 is 6.09 Å². The highest BCUT2D eigenvalue weighted by Crippen LogP contribution is 2.18. The maximum atomic E-state index is 11.0. The molecule has 0 fully saturated rings. The van der Waals surface area contributed by atoms with E-state index in [1.54, 1.807) is 12.1 Å². The summed E-state index contributed by atoms with van der Waals surface area (Å²) in [5.74, 6) is 0.908. The molecule has 1 aromatic heterocycles. The van der Waals surface area contributed by atoms with Gasteiger partial charge in [-0.05, 0) is 36.4 Å². The number of aromatic nitrogens is 2. The molecule has 0 unspecified atom stereocenters. The lowest BCUT2D eigenvalue weighted by molar-refractivity contribution is 0.187. The number of hydrogen-bond donors (Lipinski definition) is 2. The molecular formula is C12H11BrN4O2. The Morgan fingerprint density at radius 3 is 2.32 bits per heavy atom. The number of carbonyl (C=O) groups excluding carboxylic acids is 1. The first-order valence-corrected chi connectivity index (χ1v) is 6.18. The Morgan fingerprint density at radius 2 is 1.74 bits per heavy atom. The van der Waals surface area contributed by atoms with E-state index in [2.05, 4.69) is 41.5 Å². The number of ether oxygens (including phenoxy) is 1. The Kier molecular flexibility index (Phi) is 4.30. The number of methoxy groups -OCH3 is 1. The number of amides is 1. The number of nitrogens with one attached hydrogen (secondary N) is 2. The van der Waals surface area contributed by atoms with E-state index in [1.807, 2.05) is 24.3 Å². The zero-order valence-corrected chi connectivity index (χ0v) is 11.6. The van der Waals surface area contributed by atoms with Gasteiger partial charge in [-0.3, -0.25) is 5.32 Å². The van der Waals surface area contributed by atoms with Gasteiger partial charge < -0.3 is 10.1 Å². The zero-order chi connectivity index (χ0) is 13.7. The van der Waals surface area contributed by atoms with Gasteiger partial charge in [-0.15, -0.1) is 10.2 Å². The molecule has 2 N–H and O–H groups in total. The number of benzene rings is 1. The van der Waals surface area contributed by atoms with Crippen molar-refractivity contribution in [2.45, 2.75) is 0 Å². The quantitative estimate of drug-likeness (QED) is 0.907. The highest BCUT2D eigenvalue weighted by molar-refractivity contribution is 9.10. The standard InChI is InChI=1S/C12H11BrN4O2/c1-19-12(18)15-11-7-6-10(16-17-11)14-9-4-2-8(13)3-5-9/h2-7H,1H3,(H,14,16)(H,15,17,18). The molecule has 0 radical (unpaired) electrons. The molecule has 2 rings (SSSR count). The molecule has 6 nitrogen and oxygen atoms in total. The van der Waals surface area contributed by atoms with Crippen molar-refractivity contribution in [1.82, 2.24) is 10.2 Å². The van der Waals surface area contributed by atoms with Crippen LogP contribution < -0.4 is 10.6 Å². The Labute approximate surface area is 118 Å². The molecule has 2 aromatic rings. The average molecular weight is 323 g/mol. The predicted molar refractivity (Wildman–Crippen MR) is 75.5 cm³/mol. The maximum absolute atomic E-state index is 11.0. The molecule has 1 amide bonds. The van der Waals surface area contributed by atoms with Crippen molar-refractivity contribution < 1.29 is 9.53 Å². The summed E-state index contributed by atoms with van der Waals surface area (Å²) in [5.41, 5.74) is 0.895. The van der Waals surface area contributed by atoms with Crippen LogP contribution in [0.3, 0.4) is 0 Å². The molecule has 1 aromatic carbocycles. The fourth-order valence-electron chi connectivity index (χ4n) is 1.30. The Balaban J connectivity index is 2.02. The lowest BCUT2D eigenvalue weighted by Gasteiger charge is -2.06. The third-order valence-electron chi connectivity index (χ3n) is 2.20. The summed E-state index contributed by atoms with van der Waals surface area (Å²) in [5, 5.41) is 13.3. The lowest BCUT2D eigenvalue weighted by Crippen LogP contribution is -2.12. The molecule has 0 aliphatic carbocycles. The second-order valence-corrected chi connectivity index (χ2v) is 4.47. The Hall–Kier alpha value is -2.15. The van der Waals surface area contributed by atoms with Crippen LogP contribution in [-0.4, -0.2) is 23.4 Å². The molecule has 0 saturated heterocycles. The fourth-order valence-corrected chi connectivity index (χ4v) is 1.57.